The fourth-order valence-electron chi connectivity index (χ4n) is 2.55. The second-order valence-corrected chi connectivity index (χ2v) is 8.34. The molecule has 1 aromatic rings. The molecule has 2 nitrogen and oxygen atoms in total. The summed E-state index contributed by atoms with van der Waals surface area (Å²) < 4.78 is 6.03. The lowest BCUT2D eigenvalue weighted by Crippen LogP contribution is -2.17. The van der Waals surface area contributed by atoms with Crippen molar-refractivity contribution in [2.24, 2.45) is 5.92 Å². The molecule has 1 fully saturated rings. The van der Waals surface area contributed by atoms with Crippen molar-refractivity contribution in [1.82, 2.24) is 0 Å². The van der Waals surface area contributed by atoms with Crippen LogP contribution in [0.25, 0.3) is 0 Å². The molecular formula is C17H22O2S3. The van der Waals surface area contributed by atoms with E-state index in [1.165, 1.54) is 17.3 Å². The Morgan fingerprint density at radius 2 is 2.23 bits per heavy atom. The van der Waals surface area contributed by atoms with Crippen molar-refractivity contribution in [3.63, 3.8) is 0 Å². The summed E-state index contributed by atoms with van der Waals surface area (Å²) in [6.07, 6.45) is 3.96. The highest BCUT2D eigenvalue weighted by molar-refractivity contribution is 8.23. The van der Waals surface area contributed by atoms with Crippen LogP contribution in [0.15, 0.2) is 30.3 Å². The lowest BCUT2D eigenvalue weighted by molar-refractivity contribution is -0.114. The zero-order valence-corrected chi connectivity index (χ0v) is 15.3. The Morgan fingerprint density at radius 1 is 1.45 bits per heavy atom. The van der Waals surface area contributed by atoms with Crippen molar-refractivity contribution in [3.05, 3.63) is 35.9 Å². The van der Waals surface area contributed by atoms with Gasteiger partial charge in [0.25, 0.3) is 0 Å². The lowest BCUT2D eigenvalue weighted by Gasteiger charge is -2.19. The molecule has 1 aliphatic rings. The van der Waals surface area contributed by atoms with Crippen LogP contribution in [0, 0.1) is 5.92 Å². The summed E-state index contributed by atoms with van der Waals surface area (Å²) in [4.78, 5) is 11.9. The fraction of sp³-hybridized carbons (Fsp3) is 0.529. The van der Waals surface area contributed by atoms with E-state index in [9.17, 15) is 4.79 Å². The average molecular weight is 355 g/mol. The van der Waals surface area contributed by atoms with Gasteiger partial charge in [0.2, 0.25) is 4.38 Å². The number of benzene rings is 1. The summed E-state index contributed by atoms with van der Waals surface area (Å²) in [6, 6.07) is 10.5. The van der Waals surface area contributed by atoms with E-state index in [2.05, 4.69) is 24.3 Å². The molecule has 0 radical (unpaired) electrons. The minimum Gasteiger partial charge on any atom is -0.479 e. The number of aryl methyl sites for hydroxylation is 1. The minimum absolute atomic E-state index is 0.197. The molecule has 0 N–H and O–H groups in total. The number of ether oxygens (including phenoxy) is 1. The maximum Gasteiger partial charge on any atom is 0.220 e. The van der Waals surface area contributed by atoms with Gasteiger partial charge in [0, 0.05) is 16.9 Å². The normalized spacial score (nSPS) is 19.1. The Morgan fingerprint density at radius 3 is 2.86 bits per heavy atom. The molecule has 22 heavy (non-hydrogen) atoms. The number of hydrogen-bond donors (Lipinski definition) is 0. The first-order valence-corrected chi connectivity index (χ1v) is 10.0. The molecule has 0 saturated carbocycles. The molecule has 0 aliphatic carbocycles. The molecule has 1 aromatic carbocycles. The number of thioether (sulfide) groups is 2. The molecule has 0 bridgehead atoms. The zero-order chi connectivity index (χ0) is 15.8. The van der Waals surface area contributed by atoms with Gasteiger partial charge in [-0.2, -0.15) is 0 Å². The number of carbonyl (C=O) groups is 1. The third-order valence-electron chi connectivity index (χ3n) is 3.71. The first-order valence-electron chi connectivity index (χ1n) is 7.73. The molecule has 5 heteroatoms. The Labute approximate surface area is 146 Å². The van der Waals surface area contributed by atoms with Crippen molar-refractivity contribution in [2.75, 3.05) is 12.4 Å². The molecule has 0 aromatic heterocycles. The van der Waals surface area contributed by atoms with Crippen LogP contribution in [-0.2, 0) is 16.0 Å². The van der Waals surface area contributed by atoms with E-state index in [0.29, 0.717) is 21.4 Å². The Balaban J connectivity index is 1.91. The molecule has 0 spiro atoms. The second-order valence-electron chi connectivity index (χ2n) is 5.34. The lowest BCUT2D eigenvalue weighted by atomic mass is 9.98. The summed E-state index contributed by atoms with van der Waals surface area (Å²) in [7, 11) is 0. The average Bonchev–Trinajstić information content (AvgIpc) is 2.91. The van der Waals surface area contributed by atoms with Crippen LogP contribution in [0.4, 0.5) is 0 Å². The smallest absolute Gasteiger partial charge is 0.220 e. The van der Waals surface area contributed by atoms with E-state index in [-0.39, 0.29) is 5.92 Å². The van der Waals surface area contributed by atoms with Gasteiger partial charge in [-0.1, -0.05) is 53.9 Å². The quantitative estimate of drug-likeness (QED) is 0.661. The van der Waals surface area contributed by atoms with Gasteiger partial charge in [-0.3, -0.25) is 4.79 Å². The topological polar surface area (TPSA) is 26.3 Å². The molecule has 2 unspecified atom stereocenters. The van der Waals surface area contributed by atoms with E-state index in [0.717, 1.165) is 31.4 Å². The molecule has 1 heterocycles. The van der Waals surface area contributed by atoms with Crippen molar-refractivity contribution < 1.29 is 9.53 Å². The van der Waals surface area contributed by atoms with E-state index < -0.39 is 0 Å². The summed E-state index contributed by atoms with van der Waals surface area (Å²) in [5.41, 5.74) is 1.34. The number of carbonyl (C=O) groups excluding carboxylic acids is 1. The van der Waals surface area contributed by atoms with Gasteiger partial charge >= 0.3 is 0 Å². The summed E-state index contributed by atoms with van der Waals surface area (Å²) >= 11 is 8.39. The predicted molar refractivity (Wildman–Crippen MR) is 101 cm³/mol. The summed E-state index contributed by atoms with van der Waals surface area (Å²) in [5.74, 6) is 1.16. The first-order chi connectivity index (χ1) is 10.7. The van der Waals surface area contributed by atoms with Crippen molar-refractivity contribution in [3.8, 4) is 0 Å². The zero-order valence-electron chi connectivity index (χ0n) is 12.8. The van der Waals surface area contributed by atoms with Crippen LogP contribution in [0.2, 0.25) is 0 Å². The highest BCUT2D eigenvalue weighted by Gasteiger charge is 2.29. The van der Waals surface area contributed by atoms with Gasteiger partial charge in [0.1, 0.15) is 0 Å². The van der Waals surface area contributed by atoms with Crippen LogP contribution in [0.5, 0.6) is 0 Å². The molecule has 2 rings (SSSR count). The van der Waals surface area contributed by atoms with Crippen LogP contribution >= 0.6 is 35.7 Å². The maximum absolute atomic E-state index is 11.9. The van der Waals surface area contributed by atoms with E-state index >= 15 is 0 Å². The first kappa shape index (κ1) is 17.8. The van der Waals surface area contributed by atoms with Gasteiger partial charge in [0.15, 0.2) is 5.12 Å². The fourth-order valence-corrected chi connectivity index (χ4v) is 5.16. The Bertz CT molecular complexity index is 490. The van der Waals surface area contributed by atoms with Gasteiger partial charge in [-0.05, 0) is 50.4 Å². The number of rotatable bonds is 7. The molecule has 1 aliphatic heterocycles. The standard InChI is InChI=1S/C17H22O2S3/c1-2-19-17(20)22-15(12-14-10-11-21-16(14)18)9-8-13-6-4-3-5-7-13/h3-7,14-15H,2,8-12H2,1H3. The van der Waals surface area contributed by atoms with E-state index in [1.54, 1.807) is 11.8 Å². The largest absolute Gasteiger partial charge is 0.479 e. The Kier molecular flexibility index (Phi) is 7.76. The highest BCUT2D eigenvalue weighted by atomic mass is 32.2. The third-order valence-corrected chi connectivity index (χ3v) is 6.25. The maximum atomic E-state index is 11.9. The monoisotopic (exact) mass is 354 g/mol. The summed E-state index contributed by atoms with van der Waals surface area (Å²) in [5, 5.41) is 0.708. The Hall–Kier alpha value is -0.520. The van der Waals surface area contributed by atoms with Crippen molar-refractivity contribution in [2.45, 2.75) is 37.9 Å². The van der Waals surface area contributed by atoms with E-state index in [1.807, 2.05) is 13.0 Å². The molecule has 2 atom stereocenters. The van der Waals surface area contributed by atoms with E-state index in [4.69, 9.17) is 17.0 Å². The molecule has 0 amide bonds. The van der Waals surface area contributed by atoms with Crippen LogP contribution in [0.1, 0.15) is 31.7 Å². The molecule has 120 valence electrons. The SMILES string of the molecule is CCOC(=S)SC(CCc1ccccc1)CC1CCSC1=O. The van der Waals surface area contributed by atoms with Gasteiger partial charge in [0.05, 0.1) is 6.61 Å². The third kappa shape index (κ3) is 5.94. The van der Waals surface area contributed by atoms with Crippen molar-refractivity contribution in [1.29, 1.82) is 0 Å². The van der Waals surface area contributed by atoms with Gasteiger partial charge in [-0.15, -0.1) is 0 Å². The predicted octanol–water partition coefficient (Wildman–Crippen LogP) is 4.71. The number of hydrogen-bond acceptors (Lipinski definition) is 5. The minimum atomic E-state index is 0.197. The van der Waals surface area contributed by atoms with Crippen LogP contribution < -0.4 is 0 Å². The van der Waals surface area contributed by atoms with Gasteiger partial charge in [-0.25, -0.2) is 0 Å². The highest BCUT2D eigenvalue weighted by Crippen LogP contribution is 2.34. The van der Waals surface area contributed by atoms with Gasteiger partial charge < -0.3 is 4.74 Å². The second kappa shape index (κ2) is 9.58. The molecule has 1 saturated heterocycles. The van der Waals surface area contributed by atoms with Crippen molar-refractivity contribution >= 4 is 45.2 Å². The van der Waals surface area contributed by atoms with Crippen LogP contribution in [0.3, 0.4) is 0 Å². The van der Waals surface area contributed by atoms with Crippen LogP contribution in [-0.4, -0.2) is 27.1 Å². The number of thiocarbonyl (C=S) groups is 1. The molecular weight excluding hydrogens is 332 g/mol. The summed E-state index contributed by atoms with van der Waals surface area (Å²) in [6.45, 7) is 2.55.